The average molecular weight is 169 g/mol. The summed E-state index contributed by atoms with van der Waals surface area (Å²) in [6.07, 6.45) is 0. The molecule has 0 atom stereocenters. The third-order valence-electron chi connectivity index (χ3n) is 1.20. The second kappa shape index (κ2) is 3.12. The number of ether oxygens (including phenoxy) is 1. The third-order valence-corrected chi connectivity index (χ3v) is 1.20. The minimum Gasteiger partial charge on any atom is -0.461 e. The van der Waals surface area contributed by atoms with E-state index in [1.807, 2.05) is 5.43 Å². The molecule has 1 aliphatic heterocycles. The fourth-order valence-corrected chi connectivity index (χ4v) is 0.673. The SMILES string of the molecule is CCOC(=O)C1=NNC(=O)C1=N. The highest BCUT2D eigenvalue weighted by Crippen LogP contribution is 1.94. The fraction of sp³-hybridized carbons (Fsp3) is 0.333. The highest BCUT2D eigenvalue weighted by Gasteiger charge is 2.29. The Morgan fingerprint density at radius 2 is 2.42 bits per heavy atom. The number of carbonyl (C=O) groups is 2. The summed E-state index contributed by atoms with van der Waals surface area (Å²) in [5.41, 5.74) is 1.27. The zero-order chi connectivity index (χ0) is 9.14. The molecular formula is C6H7N3O3. The number of rotatable bonds is 2. The van der Waals surface area contributed by atoms with Crippen molar-refractivity contribution in [3.63, 3.8) is 0 Å². The van der Waals surface area contributed by atoms with Crippen molar-refractivity contribution in [2.24, 2.45) is 5.10 Å². The van der Waals surface area contributed by atoms with Crippen molar-refractivity contribution in [3.8, 4) is 0 Å². The van der Waals surface area contributed by atoms with Crippen LogP contribution in [0.5, 0.6) is 0 Å². The predicted molar refractivity (Wildman–Crippen MR) is 39.9 cm³/mol. The molecule has 64 valence electrons. The second-order valence-corrected chi connectivity index (χ2v) is 2.00. The standard InChI is InChI=1S/C6H7N3O3/c1-2-12-6(11)4-3(7)5(10)9-8-4/h2H2,1H3,(H2,7,9,10). The first-order chi connectivity index (χ1) is 5.66. The maximum absolute atomic E-state index is 10.9. The van der Waals surface area contributed by atoms with E-state index in [9.17, 15) is 9.59 Å². The van der Waals surface area contributed by atoms with Gasteiger partial charge in [-0.15, -0.1) is 0 Å². The smallest absolute Gasteiger partial charge is 0.361 e. The second-order valence-electron chi connectivity index (χ2n) is 2.00. The van der Waals surface area contributed by atoms with E-state index in [2.05, 4.69) is 9.84 Å². The number of nitrogens with zero attached hydrogens (tertiary/aromatic N) is 1. The van der Waals surface area contributed by atoms with Crippen LogP contribution in [0, 0.1) is 5.41 Å². The molecule has 0 aromatic carbocycles. The van der Waals surface area contributed by atoms with Crippen LogP contribution >= 0.6 is 0 Å². The molecule has 6 heteroatoms. The Hall–Kier alpha value is -1.72. The van der Waals surface area contributed by atoms with Crippen LogP contribution < -0.4 is 5.43 Å². The molecule has 2 N–H and O–H groups in total. The van der Waals surface area contributed by atoms with Crippen LogP contribution in [0.2, 0.25) is 0 Å². The molecule has 1 rings (SSSR count). The van der Waals surface area contributed by atoms with E-state index in [-0.39, 0.29) is 12.3 Å². The molecule has 1 aliphatic rings. The number of hydrogen-bond acceptors (Lipinski definition) is 5. The van der Waals surface area contributed by atoms with Gasteiger partial charge in [0.1, 0.15) is 0 Å². The monoisotopic (exact) mass is 169 g/mol. The van der Waals surface area contributed by atoms with Crippen molar-refractivity contribution in [2.75, 3.05) is 6.61 Å². The zero-order valence-corrected chi connectivity index (χ0v) is 6.38. The van der Waals surface area contributed by atoms with E-state index < -0.39 is 17.6 Å². The summed E-state index contributed by atoms with van der Waals surface area (Å²) in [6, 6.07) is 0. The maximum Gasteiger partial charge on any atom is 0.361 e. The lowest BCUT2D eigenvalue weighted by atomic mass is 10.2. The molecule has 1 heterocycles. The minimum absolute atomic E-state index is 0.194. The molecule has 6 nitrogen and oxygen atoms in total. The Kier molecular flexibility index (Phi) is 2.18. The van der Waals surface area contributed by atoms with Gasteiger partial charge in [0, 0.05) is 0 Å². The molecule has 0 saturated carbocycles. The Bertz CT molecular complexity index is 282. The van der Waals surface area contributed by atoms with Crippen molar-refractivity contribution >= 4 is 23.3 Å². The van der Waals surface area contributed by atoms with Crippen molar-refractivity contribution in [3.05, 3.63) is 0 Å². The van der Waals surface area contributed by atoms with Gasteiger partial charge < -0.3 is 4.74 Å². The van der Waals surface area contributed by atoms with Gasteiger partial charge in [-0.05, 0) is 6.92 Å². The normalized spacial score (nSPS) is 15.6. The van der Waals surface area contributed by atoms with Crippen molar-refractivity contribution < 1.29 is 14.3 Å². The van der Waals surface area contributed by atoms with Gasteiger partial charge in [0.25, 0.3) is 5.91 Å². The molecule has 0 fully saturated rings. The highest BCUT2D eigenvalue weighted by atomic mass is 16.5. The molecule has 0 bridgehead atoms. The van der Waals surface area contributed by atoms with Gasteiger partial charge in [0.15, 0.2) is 11.4 Å². The number of esters is 1. The Balaban J connectivity index is 2.71. The first kappa shape index (κ1) is 8.38. The molecule has 0 saturated heterocycles. The van der Waals surface area contributed by atoms with Crippen LogP contribution in [0.3, 0.4) is 0 Å². The largest absolute Gasteiger partial charge is 0.461 e. The van der Waals surface area contributed by atoms with Gasteiger partial charge in [0.05, 0.1) is 6.61 Å². The number of hydrogen-bond donors (Lipinski definition) is 2. The summed E-state index contributed by atoms with van der Waals surface area (Å²) < 4.78 is 4.54. The lowest BCUT2D eigenvalue weighted by molar-refractivity contribution is -0.134. The third kappa shape index (κ3) is 1.31. The molecule has 0 aliphatic carbocycles. The fourth-order valence-electron chi connectivity index (χ4n) is 0.673. The number of amides is 1. The average Bonchev–Trinajstić information content (AvgIpc) is 2.34. The zero-order valence-electron chi connectivity index (χ0n) is 6.38. The summed E-state index contributed by atoms with van der Waals surface area (Å²) >= 11 is 0. The van der Waals surface area contributed by atoms with Crippen LogP contribution in [-0.2, 0) is 14.3 Å². The van der Waals surface area contributed by atoms with Crippen molar-refractivity contribution in [1.29, 1.82) is 5.41 Å². The van der Waals surface area contributed by atoms with E-state index in [4.69, 9.17) is 5.41 Å². The first-order valence-corrected chi connectivity index (χ1v) is 3.31. The predicted octanol–water partition coefficient (Wildman–Crippen LogP) is -0.945. The number of carbonyl (C=O) groups excluding carboxylic acids is 2. The minimum atomic E-state index is -0.749. The van der Waals surface area contributed by atoms with Crippen LogP contribution in [0.25, 0.3) is 0 Å². The van der Waals surface area contributed by atoms with Gasteiger partial charge in [-0.1, -0.05) is 0 Å². The van der Waals surface area contributed by atoms with E-state index in [1.54, 1.807) is 6.92 Å². The molecule has 0 aromatic rings. The lowest BCUT2D eigenvalue weighted by Gasteiger charge is -1.97. The van der Waals surface area contributed by atoms with Crippen LogP contribution in [0.1, 0.15) is 6.92 Å². The Labute approximate surface area is 68.1 Å². The van der Waals surface area contributed by atoms with Crippen molar-refractivity contribution in [1.82, 2.24) is 5.43 Å². The van der Waals surface area contributed by atoms with Crippen LogP contribution in [0.15, 0.2) is 5.10 Å². The Morgan fingerprint density at radius 3 is 2.83 bits per heavy atom. The Morgan fingerprint density at radius 1 is 1.75 bits per heavy atom. The summed E-state index contributed by atoms with van der Waals surface area (Å²) in [4.78, 5) is 21.6. The van der Waals surface area contributed by atoms with E-state index in [1.165, 1.54) is 0 Å². The van der Waals surface area contributed by atoms with E-state index in [0.717, 1.165) is 0 Å². The number of nitrogens with one attached hydrogen (secondary N) is 2. The topological polar surface area (TPSA) is 91.6 Å². The molecule has 0 spiro atoms. The van der Waals surface area contributed by atoms with Gasteiger partial charge in [-0.25, -0.2) is 10.2 Å². The first-order valence-electron chi connectivity index (χ1n) is 3.31. The lowest BCUT2D eigenvalue weighted by Crippen LogP contribution is -2.28. The summed E-state index contributed by atoms with van der Waals surface area (Å²) in [7, 11) is 0. The highest BCUT2D eigenvalue weighted by molar-refractivity contribution is 6.80. The van der Waals surface area contributed by atoms with E-state index >= 15 is 0 Å². The van der Waals surface area contributed by atoms with Gasteiger partial charge >= 0.3 is 5.97 Å². The molecule has 0 aromatic heterocycles. The summed E-state index contributed by atoms with van der Waals surface area (Å²) in [5, 5.41) is 10.4. The molecule has 12 heavy (non-hydrogen) atoms. The van der Waals surface area contributed by atoms with Gasteiger partial charge in [-0.3, -0.25) is 10.2 Å². The quantitative estimate of drug-likeness (QED) is 0.522. The molecule has 0 unspecified atom stereocenters. The van der Waals surface area contributed by atoms with Gasteiger partial charge in [-0.2, -0.15) is 5.10 Å². The summed E-state index contributed by atoms with van der Waals surface area (Å²) in [6.45, 7) is 1.83. The molecular weight excluding hydrogens is 162 g/mol. The van der Waals surface area contributed by atoms with Crippen LogP contribution in [-0.4, -0.2) is 29.9 Å². The van der Waals surface area contributed by atoms with Crippen LogP contribution in [0.4, 0.5) is 0 Å². The maximum atomic E-state index is 10.9. The molecule has 0 radical (unpaired) electrons. The molecule has 1 amide bonds. The summed E-state index contributed by atoms with van der Waals surface area (Å²) in [5.74, 6) is -1.43. The van der Waals surface area contributed by atoms with Crippen molar-refractivity contribution in [2.45, 2.75) is 6.92 Å². The van der Waals surface area contributed by atoms with Gasteiger partial charge in [0.2, 0.25) is 0 Å². The number of hydrazone groups is 1. The van der Waals surface area contributed by atoms with E-state index in [0.29, 0.717) is 0 Å².